The topological polar surface area (TPSA) is 20.7 Å². The Morgan fingerprint density at radius 3 is 2.84 bits per heavy atom. The molecule has 0 amide bonds. The highest BCUT2D eigenvalue weighted by molar-refractivity contribution is 9.10. The van der Waals surface area contributed by atoms with Crippen molar-refractivity contribution in [2.24, 2.45) is 0 Å². The Hall–Kier alpha value is -1.10. The normalized spacial score (nSPS) is 11.1. The molecule has 0 radical (unpaired) electrons. The van der Waals surface area contributed by atoms with E-state index in [2.05, 4.69) is 40.0 Å². The largest absolute Gasteiger partial charge is 0.329 e. The van der Waals surface area contributed by atoms with E-state index in [1.807, 2.05) is 28.8 Å². The highest BCUT2D eigenvalue weighted by Crippen LogP contribution is 2.29. The molecule has 96 valence electrons. The van der Waals surface area contributed by atoms with E-state index in [4.69, 9.17) is 23.8 Å². The fourth-order valence-electron chi connectivity index (χ4n) is 2.13. The summed E-state index contributed by atoms with van der Waals surface area (Å²) < 4.78 is 3.62. The van der Waals surface area contributed by atoms with Gasteiger partial charge in [-0.1, -0.05) is 23.7 Å². The zero-order chi connectivity index (χ0) is 13.6. The molecule has 0 bridgehead atoms. The lowest BCUT2D eigenvalue weighted by Crippen LogP contribution is -1.95. The summed E-state index contributed by atoms with van der Waals surface area (Å²) in [5, 5.41) is 0.672. The molecule has 0 aliphatic carbocycles. The number of imidazole rings is 1. The van der Waals surface area contributed by atoms with Gasteiger partial charge in [0, 0.05) is 4.47 Å². The van der Waals surface area contributed by atoms with Crippen LogP contribution in [-0.4, -0.2) is 9.55 Å². The van der Waals surface area contributed by atoms with E-state index >= 15 is 0 Å². The Kier molecular flexibility index (Phi) is 3.25. The van der Waals surface area contributed by atoms with Crippen molar-refractivity contribution in [1.29, 1.82) is 0 Å². The van der Waals surface area contributed by atoms with Crippen LogP contribution in [0.4, 0.5) is 0 Å². The average Bonchev–Trinajstić information content (AvgIpc) is 2.70. The van der Waals surface area contributed by atoms with Crippen LogP contribution in [0.15, 0.2) is 40.9 Å². The molecule has 0 aliphatic rings. The van der Waals surface area contributed by atoms with Crippen LogP contribution in [0.5, 0.6) is 0 Å². The van der Waals surface area contributed by atoms with Crippen LogP contribution >= 0.6 is 39.7 Å². The SMILES string of the molecule is Cc1ccc(Br)c(-n2c(=S)[nH]c3c(Cl)cccc32)c1. The summed E-state index contributed by atoms with van der Waals surface area (Å²) in [4.78, 5) is 3.17. The summed E-state index contributed by atoms with van der Waals surface area (Å²) >= 11 is 15.2. The van der Waals surface area contributed by atoms with E-state index in [-0.39, 0.29) is 0 Å². The number of aromatic nitrogens is 2. The molecule has 0 spiro atoms. The Morgan fingerprint density at radius 1 is 1.26 bits per heavy atom. The summed E-state index contributed by atoms with van der Waals surface area (Å²) in [6, 6.07) is 11.9. The molecule has 1 aromatic heterocycles. The third-order valence-electron chi connectivity index (χ3n) is 3.01. The van der Waals surface area contributed by atoms with E-state index in [1.54, 1.807) is 0 Å². The monoisotopic (exact) mass is 352 g/mol. The minimum absolute atomic E-state index is 0.634. The molecule has 2 aromatic carbocycles. The van der Waals surface area contributed by atoms with E-state index in [9.17, 15) is 0 Å². The molecule has 0 unspecified atom stereocenters. The number of aromatic amines is 1. The van der Waals surface area contributed by atoms with Crippen LogP contribution in [0.2, 0.25) is 5.02 Å². The summed E-state index contributed by atoms with van der Waals surface area (Å²) in [5.74, 6) is 0. The highest BCUT2D eigenvalue weighted by atomic mass is 79.9. The van der Waals surface area contributed by atoms with Gasteiger partial charge in [-0.3, -0.25) is 4.57 Å². The van der Waals surface area contributed by atoms with Crippen molar-refractivity contribution in [3.8, 4) is 5.69 Å². The first kappa shape index (κ1) is 12.9. The molecule has 5 heteroatoms. The molecule has 3 aromatic rings. The van der Waals surface area contributed by atoms with Gasteiger partial charge in [0.2, 0.25) is 0 Å². The molecule has 1 N–H and O–H groups in total. The maximum absolute atomic E-state index is 6.20. The van der Waals surface area contributed by atoms with Crippen molar-refractivity contribution >= 4 is 50.8 Å². The molecule has 3 rings (SSSR count). The predicted octanol–water partition coefficient (Wildman–Crippen LogP) is 5.41. The number of para-hydroxylation sites is 1. The summed E-state index contributed by atoms with van der Waals surface area (Å²) in [6.07, 6.45) is 0. The number of halogens is 2. The summed E-state index contributed by atoms with van der Waals surface area (Å²) in [7, 11) is 0. The van der Waals surface area contributed by atoms with Crippen LogP contribution in [0, 0.1) is 11.7 Å². The molecular weight excluding hydrogens is 344 g/mol. The number of nitrogens with zero attached hydrogens (tertiary/aromatic N) is 1. The van der Waals surface area contributed by atoms with E-state index in [1.165, 1.54) is 5.56 Å². The fourth-order valence-corrected chi connectivity index (χ4v) is 3.07. The fraction of sp³-hybridized carbons (Fsp3) is 0.0714. The van der Waals surface area contributed by atoms with Crippen LogP contribution in [0.3, 0.4) is 0 Å². The van der Waals surface area contributed by atoms with Gasteiger partial charge in [0.1, 0.15) is 0 Å². The lowest BCUT2D eigenvalue weighted by atomic mass is 10.2. The third-order valence-corrected chi connectivity index (χ3v) is 4.28. The first-order valence-electron chi connectivity index (χ1n) is 5.73. The van der Waals surface area contributed by atoms with Gasteiger partial charge in [-0.05, 0) is 64.9 Å². The molecule has 0 saturated carbocycles. The number of rotatable bonds is 1. The van der Waals surface area contributed by atoms with Gasteiger partial charge in [0.25, 0.3) is 0 Å². The van der Waals surface area contributed by atoms with E-state index in [0.717, 1.165) is 21.2 Å². The molecule has 19 heavy (non-hydrogen) atoms. The predicted molar refractivity (Wildman–Crippen MR) is 85.9 cm³/mol. The van der Waals surface area contributed by atoms with Crippen molar-refractivity contribution in [1.82, 2.24) is 9.55 Å². The Balaban J connectivity index is 2.43. The highest BCUT2D eigenvalue weighted by Gasteiger charge is 2.11. The van der Waals surface area contributed by atoms with E-state index in [0.29, 0.717) is 9.79 Å². The Morgan fingerprint density at radius 2 is 2.05 bits per heavy atom. The van der Waals surface area contributed by atoms with Gasteiger partial charge >= 0.3 is 0 Å². The molecule has 0 fully saturated rings. The lowest BCUT2D eigenvalue weighted by molar-refractivity contribution is 1.05. The first-order chi connectivity index (χ1) is 9.08. The van der Waals surface area contributed by atoms with Gasteiger partial charge in [0.05, 0.1) is 21.7 Å². The second kappa shape index (κ2) is 4.78. The van der Waals surface area contributed by atoms with Gasteiger partial charge in [-0.2, -0.15) is 0 Å². The molecule has 0 saturated heterocycles. The zero-order valence-corrected chi connectivity index (χ0v) is 13.2. The quantitative estimate of drug-likeness (QED) is 0.580. The van der Waals surface area contributed by atoms with E-state index < -0.39 is 0 Å². The zero-order valence-electron chi connectivity index (χ0n) is 10.1. The third kappa shape index (κ3) is 2.14. The van der Waals surface area contributed by atoms with Crippen molar-refractivity contribution in [3.05, 3.63) is 56.2 Å². The van der Waals surface area contributed by atoms with Crippen molar-refractivity contribution in [2.75, 3.05) is 0 Å². The second-order valence-corrected chi connectivity index (χ2v) is 6.00. The Bertz CT molecular complexity index is 835. The molecule has 2 nitrogen and oxygen atoms in total. The van der Waals surface area contributed by atoms with Crippen LogP contribution in [0.25, 0.3) is 16.7 Å². The van der Waals surface area contributed by atoms with Crippen molar-refractivity contribution in [2.45, 2.75) is 6.92 Å². The minimum Gasteiger partial charge on any atom is -0.329 e. The summed E-state index contributed by atoms with van der Waals surface area (Å²) in [6.45, 7) is 2.06. The number of hydrogen-bond donors (Lipinski definition) is 1. The number of nitrogens with one attached hydrogen (secondary N) is 1. The molecular formula is C14H10BrClN2S. The number of fused-ring (bicyclic) bond motifs is 1. The molecule has 0 atom stereocenters. The number of hydrogen-bond acceptors (Lipinski definition) is 1. The van der Waals surface area contributed by atoms with Crippen molar-refractivity contribution < 1.29 is 0 Å². The maximum Gasteiger partial charge on any atom is 0.182 e. The summed E-state index contributed by atoms with van der Waals surface area (Å²) in [5.41, 5.74) is 4.03. The molecule has 1 heterocycles. The lowest BCUT2D eigenvalue weighted by Gasteiger charge is -2.08. The standard InChI is InChI=1S/C14H10BrClN2S/c1-8-5-6-9(15)12(7-8)18-11-4-2-3-10(16)13(11)17-14(18)19/h2-7H,1H3,(H,17,19). The van der Waals surface area contributed by atoms with Gasteiger partial charge < -0.3 is 4.98 Å². The second-order valence-electron chi connectivity index (χ2n) is 4.35. The number of H-pyrrole nitrogens is 1. The van der Waals surface area contributed by atoms with Gasteiger partial charge in [0.15, 0.2) is 4.77 Å². The van der Waals surface area contributed by atoms with Gasteiger partial charge in [-0.15, -0.1) is 0 Å². The van der Waals surface area contributed by atoms with Crippen LogP contribution < -0.4 is 0 Å². The minimum atomic E-state index is 0.634. The van der Waals surface area contributed by atoms with Crippen LogP contribution in [0.1, 0.15) is 5.56 Å². The smallest absolute Gasteiger partial charge is 0.182 e. The first-order valence-corrected chi connectivity index (χ1v) is 7.31. The van der Waals surface area contributed by atoms with Crippen molar-refractivity contribution in [3.63, 3.8) is 0 Å². The number of aryl methyl sites for hydroxylation is 1. The Labute approximate surface area is 129 Å². The molecule has 0 aliphatic heterocycles. The average molecular weight is 354 g/mol. The maximum atomic E-state index is 6.20. The van der Waals surface area contributed by atoms with Crippen LogP contribution in [-0.2, 0) is 0 Å². The van der Waals surface area contributed by atoms with Gasteiger partial charge in [-0.25, -0.2) is 0 Å². The number of benzene rings is 2.